The van der Waals surface area contributed by atoms with Gasteiger partial charge in [-0.2, -0.15) is 0 Å². The van der Waals surface area contributed by atoms with Gasteiger partial charge in [0.25, 0.3) is 0 Å². The van der Waals surface area contributed by atoms with E-state index in [1.165, 1.54) is 0 Å². The maximum absolute atomic E-state index is 11.5. The lowest BCUT2D eigenvalue weighted by atomic mass is 9.95. The monoisotopic (exact) mass is 248 g/mol. The number of sulfonamides is 1. The average Bonchev–Trinajstić information content (AvgIpc) is 2.39. The molecular weight excluding hydrogens is 232 g/mol. The van der Waals surface area contributed by atoms with Crippen LogP contribution in [0.4, 0.5) is 4.79 Å². The molecule has 92 valence electrons. The minimum atomic E-state index is -3.20. The third kappa shape index (κ3) is 2.85. The minimum Gasteiger partial charge on any atom is -0.446 e. The fourth-order valence-electron chi connectivity index (χ4n) is 2.20. The smallest absolute Gasteiger partial charge is 0.407 e. The zero-order valence-corrected chi connectivity index (χ0v) is 9.76. The Kier molecular flexibility index (Phi) is 3.34. The first kappa shape index (κ1) is 11.7. The van der Waals surface area contributed by atoms with Crippen LogP contribution in [0.25, 0.3) is 0 Å². The van der Waals surface area contributed by atoms with Crippen LogP contribution in [0, 0.1) is 5.92 Å². The molecule has 0 aromatic carbocycles. The van der Waals surface area contributed by atoms with Crippen molar-refractivity contribution in [1.82, 2.24) is 10.0 Å². The van der Waals surface area contributed by atoms with E-state index >= 15 is 0 Å². The van der Waals surface area contributed by atoms with Crippen LogP contribution >= 0.6 is 0 Å². The second kappa shape index (κ2) is 4.58. The molecule has 2 aliphatic heterocycles. The number of hydrogen-bond acceptors (Lipinski definition) is 4. The quantitative estimate of drug-likeness (QED) is 0.674. The van der Waals surface area contributed by atoms with Crippen molar-refractivity contribution in [2.75, 3.05) is 18.8 Å². The molecule has 2 N–H and O–H groups in total. The van der Waals surface area contributed by atoms with Gasteiger partial charge in [0.1, 0.15) is 6.10 Å². The lowest BCUT2D eigenvalue weighted by Gasteiger charge is -2.29. The predicted molar refractivity (Wildman–Crippen MR) is 57.4 cm³/mol. The molecule has 0 aliphatic carbocycles. The topological polar surface area (TPSA) is 84.5 Å². The van der Waals surface area contributed by atoms with E-state index in [4.69, 9.17) is 4.74 Å². The molecule has 2 rings (SSSR count). The van der Waals surface area contributed by atoms with Crippen LogP contribution in [0.2, 0.25) is 0 Å². The van der Waals surface area contributed by atoms with Crippen molar-refractivity contribution in [1.29, 1.82) is 0 Å². The standard InChI is InChI=1S/C9H16N2O4S/c12-9-10-5-3-8(15-9)7-2-1-4-11-16(13,14)6-7/h7-8,11H,1-6H2,(H,10,12). The van der Waals surface area contributed by atoms with Crippen molar-refractivity contribution in [3.8, 4) is 0 Å². The summed E-state index contributed by atoms with van der Waals surface area (Å²) in [6, 6.07) is 0. The van der Waals surface area contributed by atoms with E-state index in [1.807, 2.05) is 0 Å². The highest BCUT2D eigenvalue weighted by Gasteiger charge is 2.33. The molecule has 1 amide bonds. The highest BCUT2D eigenvalue weighted by atomic mass is 32.2. The molecular formula is C9H16N2O4S. The second-order valence-corrected chi connectivity index (χ2v) is 6.09. The fourth-order valence-corrected chi connectivity index (χ4v) is 3.71. The van der Waals surface area contributed by atoms with Crippen LogP contribution in [0.3, 0.4) is 0 Å². The number of nitrogens with one attached hydrogen (secondary N) is 2. The summed E-state index contributed by atoms with van der Waals surface area (Å²) in [6.45, 7) is 1.05. The Bertz CT molecular complexity index is 368. The zero-order chi connectivity index (χ0) is 11.6. The third-order valence-corrected chi connectivity index (χ3v) is 4.50. The first-order valence-corrected chi connectivity index (χ1v) is 7.14. The van der Waals surface area contributed by atoms with Crippen molar-refractivity contribution < 1.29 is 17.9 Å². The summed E-state index contributed by atoms with van der Waals surface area (Å²) in [6.07, 6.45) is 1.57. The maximum atomic E-state index is 11.5. The Morgan fingerprint density at radius 1 is 1.25 bits per heavy atom. The van der Waals surface area contributed by atoms with Gasteiger partial charge in [0, 0.05) is 25.4 Å². The first-order valence-electron chi connectivity index (χ1n) is 5.49. The Labute approximate surface area is 94.8 Å². The second-order valence-electron chi connectivity index (χ2n) is 4.24. The van der Waals surface area contributed by atoms with E-state index in [2.05, 4.69) is 10.0 Å². The van der Waals surface area contributed by atoms with E-state index in [1.54, 1.807) is 0 Å². The van der Waals surface area contributed by atoms with Gasteiger partial charge in [-0.25, -0.2) is 17.9 Å². The maximum Gasteiger partial charge on any atom is 0.407 e. The van der Waals surface area contributed by atoms with Gasteiger partial charge < -0.3 is 10.1 Å². The van der Waals surface area contributed by atoms with Crippen molar-refractivity contribution in [3.63, 3.8) is 0 Å². The third-order valence-electron chi connectivity index (χ3n) is 2.99. The van der Waals surface area contributed by atoms with Gasteiger partial charge in [-0.05, 0) is 12.8 Å². The summed E-state index contributed by atoms with van der Waals surface area (Å²) in [5.74, 6) is -0.0173. The molecule has 7 heteroatoms. The number of hydrogen-bond donors (Lipinski definition) is 2. The molecule has 0 spiro atoms. The highest BCUT2D eigenvalue weighted by molar-refractivity contribution is 7.89. The first-order chi connectivity index (χ1) is 7.57. The molecule has 2 saturated heterocycles. The molecule has 0 saturated carbocycles. The number of alkyl carbamates (subject to hydrolysis) is 1. The van der Waals surface area contributed by atoms with Crippen LogP contribution in [-0.4, -0.2) is 39.5 Å². The molecule has 16 heavy (non-hydrogen) atoms. The summed E-state index contributed by atoms with van der Waals surface area (Å²) in [5, 5.41) is 2.56. The molecule has 0 radical (unpaired) electrons. The normalized spacial score (nSPS) is 34.6. The summed E-state index contributed by atoms with van der Waals surface area (Å²) < 4.78 is 30.7. The average molecular weight is 248 g/mol. The van der Waals surface area contributed by atoms with E-state index in [0.717, 1.165) is 12.8 Å². The van der Waals surface area contributed by atoms with E-state index < -0.39 is 16.1 Å². The van der Waals surface area contributed by atoms with E-state index in [-0.39, 0.29) is 17.8 Å². The van der Waals surface area contributed by atoms with Crippen molar-refractivity contribution >= 4 is 16.1 Å². The number of cyclic esters (lactones) is 1. The Morgan fingerprint density at radius 3 is 2.81 bits per heavy atom. The Balaban J connectivity index is 2.04. The number of amides is 1. The zero-order valence-electron chi connectivity index (χ0n) is 8.94. The van der Waals surface area contributed by atoms with Crippen LogP contribution in [0.1, 0.15) is 19.3 Å². The van der Waals surface area contributed by atoms with Gasteiger partial charge in [0.2, 0.25) is 10.0 Å². The minimum absolute atomic E-state index is 0.0605. The number of ether oxygens (including phenoxy) is 1. The molecule has 2 heterocycles. The van der Waals surface area contributed by atoms with Gasteiger partial charge in [-0.1, -0.05) is 0 Å². The summed E-state index contributed by atoms with van der Waals surface area (Å²) in [7, 11) is -3.20. The number of carbonyl (C=O) groups is 1. The van der Waals surface area contributed by atoms with Crippen molar-refractivity contribution in [2.45, 2.75) is 25.4 Å². The van der Waals surface area contributed by atoms with Crippen molar-refractivity contribution in [3.05, 3.63) is 0 Å². The van der Waals surface area contributed by atoms with Gasteiger partial charge >= 0.3 is 6.09 Å². The number of carbonyl (C=O) groups excluding carboxylic acids is 1. The molecule has 0 aromatic rings. The molecule has 2 fully saturated rings. The molecule has 0 bridgehead atoms. The summed E-state index contributed by atoms with van der Waals surface area (Å²) in [4.78, 5) is 11.1. The predicted octanol–water partition coefficient (Wildman–Crippen LogP) is -0.186. The largest absolute Gasteiger partial charge is 0.446 e. The SMILES string of the molecule is O=C1NCCC(C2CCCNS(=O)(=O)C2)O1. The molecule has 2 atom stereocenters. The Morgan fingerprint density at radius 2 is 2.06 bits per heavy atom. The molecule has 6 nitrogen and oxygen atoms in total. The van der Waals surface area contributed by atoms with Crippen LogP contribution in [0.15, 0.2) is 0 Å². The van der Waals surface area contributed by atoms with Gasteiger partial charge in [-0.15, -0.1) is 0 Å². The van der Waals surface area contributed by atoms with Gasteiger partial charge in [0.05, 0.1) is 5.75 Å². The molecule has 0 aromatic heterocycles. The van der Waals surface area contributed by atoms with Gasteiger partial charge in [0.15, 0.2) is 0 Å². The van der Waals surface area contributed by atoms with Crippen molar-refractivity contribution in [2.24, 2.45) is 5.92 Å². The van der Waals surface area contributed by atoms with Crippen LogP contribution in [-0.2, 0) is 14.8 Å². The lowest BCUT2D eigenvalue weighted by Crippen LogP contribution is -2.43. The summed E-state index contributed by atoms with van der Waals surface area (Å²) in [5.41, 5.74) is 0. The lowest BCUT2D eigenvalue weighted by molar-refractivity contribution is 0.0420. The molecule has 2 unspecified atom stereocenters. The van der Waals surface area contributed by atoms with Crippen LogP contribution in [0.5, 0.6) is 0 Å². The molecule has 2 aliphatic rings. The van der Waals surface area contributed by atoms with E-state index in [9.17, 15) is 13.2 Å². The fraction of sp³-hybridized carbons (Fsp3) is 0.889. The van der Waals surface area contributed by atoms with E-state index in [0.29, 0.717) is 19.5 Å². The van der Waals surface area contributed by atoms with Gasteiger partial charge in [-0.3, -0.25) is 0 Å². The Hall–Kier alpha value is -0.820. The number of rotatable bonds is 1. The summed E-state index contributed by atoms with van der Waals surface area (Å²) >= 11 is 0. The van der Waals surface area contributed by atoms with Crippen LogP contribution < -0.4 is 10.0 Å². The highest BCUT2D eigenvalue weighted by Crippen LogP contribution is 2.23.